The summed E-state index contributed by atoms with van der Waals surface area (Å²) < 4.78 is 7.81. The van der Waals surface area contributed by atoms with E-state index in [1.54, 1.807) is 10.9 Å². The average Bonchev–Trinajstić information content (AvgIpc) is 3.10. The van der Waals surface area contributed by atoms with Gasteiger partial charge in [0, 0.05) is 31.1 Å². The van der Waals surface area contributed by atoms with E-state index in [1.165, 1.54) is 0 Å². The minimum Gasteiger partial charge on any atom is -0.420 e. The summed E-state index contributed by atoms with van der Waals surface area (Å²) in [6.07, 6.45) is 4.35. The Labute approximate surface area is 163 Å². The van der Waals surface area contributed by atoms with Gasteiger partial charge in [-0.3, -0.25) is 4.98 Å². The summed E-state index contributed by atoms with van der Waals surface area (Å²) in [5.74, 6) is 1.10. The standard InChI is InChI=1S/C22H21N5O/c1-27-21(14-20(26-27)17-6-3-2-4-7-17)28-22-18(8-5-13-24-22)19-10-9-16(11-12-23)15-25-19/h2-10,13-15H,11-12,23H2,1H3. The second-order valence-corrected chi connectivity index (χ2v) is 6.41. The largest absolute Gasteiger partial charge is 0.420 e. The Bertz CT molecular complexity index is 1060. The first-order valence-electron chi connectivity index (χ1n) is 9.12. The van der Waals surface area contributed by atoms with E-state index in [4.69, 9.17) is 10.5 Å². The molecule has 3 heterocycles. The van der Waals surface area contributed by atoms with Crippen molar-refractivity contribution in [2.45, 2.75) is 6.42 Å². The fourth-order valence-corrected chi connectivity index (χ4v) is 2.96. The highest BCUT2D eigenvalue weighted by atomic mass is 16.5. The first-order chi connectivity index (χ1) is 13.7. The van der Waals surface area contributed by atoms with E-state index in [0.717, 1.165) is 34.5 Å². The maximum atomic E-state index is 6.10. The SMILES string of the molecule is Cn1nc(-c2ccccc2)cc1Oc1ncccc1-c1ccc(CCN)cn1. The molecule has 0 amide bonds. The summed E-state index contributed by atoms with van der Waals surface area (Å²) in [6, 6.07) is 19.7. The third-order valence-corrected chi connectivity index (χ3v) is 4.41. The highest BCUT2D eigenvalue weighted by Gasteiger charge is 2.14. The molecule has 6 heteroatoms. The van der Waals surface area contributed by atoms with Crippen molar-refractivity contribution in [1.82, 2.24) is 19.7 Å². The molecule has 1 aromatic carbocycles. The van der Waals surface area contributed by atoms with Gasteiger partial charge in [-0.1, -0.05) is 36.4 Å². The summed E-state index contributed by atoms with van der Waals surface area (Å²) in [5, 5.41) is 4.55. The van der Waals surface area contributed by atoms with Crippen LogP contribution >= 0.6 is 0 Å². The fourth-order valence-electron chi connectivity index (χ4n) is 2.96. The number of hydrogen-bond donors (Lipinski definition) is 1. The predicted molar refractivity (Wildman–Crippen MR) is 109 cm³/mol. The molecule has 0 saturated carbocycles. The molecule has 2 N–H and O–H groups in total. The molecule has 0 radical (unpaired) electrons. The Kier molecular flexibility index (Phi) is 5.12. The minimum atomic E-state index is 0.490. The molecule has 0 bridgehead atoms. The van der Waals surface area contributed by atoms with Crippen LogP contribution in [0.15, 0.2) is 73.1 Å². The monoisotopic (exact) mass is 371 g/mol. The van der Waals surface area contributed by atoms with E-state index in [-0.39, 0.29) is 0 Å². The molecule has 0 fully saturated rings. The maximum Gasteiger partial charge on any atom is 0.230 e. The van der Waals surface area contributed by atoms with Crippen LogP contribution in [0.5, 0.6) is 11.8 Å². The zero-order valence-corrected chi connectivity index (χ0v) is 15.6. The van der Waals surface area contributed by atoms with Gasteiger partial charge in [-0.15, -0.1) is 0 Å². The Morgan fingerprint density at radius 3 is 2.57 bits per heavy atom. The second kappa shape index (κ2) is 8.02. The summed E-state index contributed by atoms with van der Waals surface area (Å²) in [6.45, 7) is 0.604. The molecule has 0 saturated heterocycles. The molecule has 4 aromatic rings. The first kappa shape index (κ1) is 17.9. The summed E-state index contributed by atoms with van der Waals surface area (Å²) in [5.41, 5.74) is 10.2. The van der Waals surface area contributed by atoms with Crippen LogP contribution in [0.3, 0.4) is 0 Å². The molecular weight excluding hydrogens is 350 g/mol. The van der Waals surface area contributed by atoms with E-state index in [1.807, 2.05) is 73.9 Å². The van der Waals surface area contributed by atoms with Crippen LogP contribution in [0.4, 0.5) is 0 Å². The summed E-state index contributed by atoms with van der Waals surface area (Å²) in [4.78, 5) is 8.96. The van der Waals surface area contributed by atoms with Gasteiger partial charge in [-0.25, -0.2) is 9.67 Å². The van der Waals surface area contributed by atoms with Crippen molar-refractivity contribution in [3.8, 4) is 34.3 Å². The van der Waals surface area contributed by atoms with Gasteiger partial charge in [-0.2, -0.15) is 5.10 Å². The number of nitrogens with two attached hydrogens (primary N) is 1. The molecule has 3 aromatic heterocycles. The number of benzene rings is 1. The van der Waals surface area contributed by atoms with Crippen LogP contribution in [0.1, 0.15) is 5.56 Å². The zero-order valence-electron chi connectivity index (χ0n) is 15.6. The lowest BCUT2D eigenvalue weighted by molar-refractivity contribution is 0.417. The molecule has 0 atom stereocenters. The van der Waals surface area contributed by atoms with Crippen LogP contribution < -0.4 is 10.5 Å². The van der Waals surface area contributed by atoms with E-state index in [9.17, 15) is 0 Å². The fraction of sp³-hybridized carbons (Fsp3) is 0.136. The van der Waals surface area contributed by atoms with Gasteiger partial charge in [-0.05, 0) is 36.7 Å². The van der Waals surface area contributed by atoms with Crippen molar-refractivity contribution in [2.75, 3.05) is 6.54 Å². The Hall–Kier alpha value is -3.51. The van der Waals surface area contributed by atoms with Gasteiger partial charge in [0.1, 0.15) is 0 Å². The lowest BCUT2D eigenvalue weighted by atomic mass is 10.1. The number of aryl methyl sites for hydroxylation is 1. The number of pyridine rings is 2. The highest BCUT2D eigenvalue weighted by Crippen LogP contribution is 2.31. The lowest BCUT2D eigenvalue weighted by Crippen LogP contribution is -2.03. The molecular formula is C22H21N5O. The van der Waals surface area contributed by atoms with Gasteiger partial charge in [0.05, 0.1) is 17.0 Å². The van der Waals surface area contributed by atoms with Crippen LogP contribution in [-0.4, -0.2) is 26.3 Å². The minimum absolute atomic E-state index is 0.490. The topological polar surface area (TPSA) is 78.8 Å². The maximum absolute atomic E-state index is 6.10. The number of aromatic nitrogens is 4. The quantitative estimate of drug-likeness (QED) is 0.557. The van der Waals surface area contributed by atoms with Crippen molar-refractivity contribution >= 4 is 0 Å². The Balaban J connectivity index is 1.64. The molecule has 0 aliphatic carbocycles. The zero-order chi connectivity index (χ0) is 19.3. The molecule has 0 spiro atoms. The molecule has 4 rings (SSSR count). The van der Waals surface area contributed by atoms with Crippen LogP contribution in [0, 0.1) is 0 Å². The lowest BCUT2D eigenvalue weighted by Gasteiger charge is -2.09. The molecule has 140 valence electrons. The number of ether oxygens (including phenoxy) is 1. The molecule has 28 heavy (non-hydrogen) atoms. The number of nitrogens with zero attached hydrogens (tertiary/aromatic N) is 4. The van der Waals surface area contributed by atoms with Crippen LogP contribution in [-0.2, 0) is 13.5 Å². The van der Waals surface area contributed by atoms with Crippen LogP contribution in [0.25, 0.3) is 22.5 Å². The van der Waals surface area contributed by atoms with Crippen molar-refractivity contribution in [3.63, 3.8) is 0 Å². The molecule has 0 aliphatic rings. The van der Waals surface area contributed by atoms with Gasteiger partial charge >= 0.3 is 0 Å². The first-order valence-corrected chi connectivity index (χ1v) is 9.12. The molecule has 0 unspecified atom stereocenters. The predicted octanol–water partition coefficient (Wildman–Crippen LogP) is 3.84. The Morgan fingerprint density at radius 2 is 1.82 bits per heavy atom. The van der Waals surface area contributed by atoms with Crippen LogP contribution in [0.2, 0.25) is 0 Å². The van der Waals surface area contributed by atoms with E-state index in [0.29, 0.717) is 18.3 Å². The van der Waals surface area contributed by atoms with E-state index >= 15 is 0 Å². The highest BCUT2D eigenvalue weighted by molar-refractivity contribution is 5.66. The average molecular weight is 371 g/mol. The number of hydrogen-bond acceptors (Lipinski definition) is 5. The number of rotatable bonds is 6. The van der Waals surface area contributed by atoms with E-state index in [2.05, 4.69) is 15.1 Å². The smallest absolute Gasteiger partial charge is 0.230 e. The summed E-state index contributed by atoms with van der Waals surface area (Å²) >= 11 is 0. The van der Waals surface area contributed by atoms with Gasteiger partial charge in [0.2, 0.25) is 11.8 Å². The normalized spacial score (nSPS) is 10.8. The third kappa shape index (κ3) is 3.77. The van der Waals surface area contributed by atoms with Gasteiger partial charge in [0.15, 0.2) is 0 Å². The van der Waals surface area contributed by atoms with Crippen molar-refractivity contribution < 1.29 is 4.74 Å². The second-order valence-electron chi connectivity index (χ2n) is 6.41. The van der Waals surface area contributed by atoms with Gasteiger partial charge in [0.25, 0.3) is 0 Å². The molecule has 6 nitrogen and oxygen atoms in total. The Morgan fingerprint density at radius 1 is 0.964 bits per heavy atom. The van der Waals surface area contributed by atoms with Gasteiger partial charge < -0.3 is 10.5 Å². The van der Waals surface area contributed by atoms with Crippen molar-refractivity contribution in [3.05, 3.63) is 78.6 Å². The van der Waals surface area contributed by atoms with Crippen molar-refractivity contribution in [1.29, 1.82) is 0 Å². The third-order valence-electron chi connectivity index (χ3n) is 4.41. The van der Waals surface area contributed by atoms with Crippen molar-refractivity contribution in [2.24, 2.45) is 12.8 Å². The molecule has 0 aliphatic heterocycles. The van der Waals surface area contributed by atoms with E-state index < -0.39 is 0 Å². The summed E-state index contributed by atoms with van der Waals surface area (Å²) in [7, 11) is 1.85.